The molecule has 4 nitrogen and oxygen atoms in total. The van der Waals surface area contributed by atoms with E-state index in [1.165, 1.54) is 24.3 Å². The number of phenolic OH excluding ortho intramolecular Hbond substituents is 1. The Morgan fingerprint density at radius 3 is 2.67 bits per heavy atom. The molecule has 62 valence electrons. The molecular formula is C8H7NO3. The van der Waals surface area contributed by atoms with Gasteiger partial charge in [0.1, 0.15) is 5.75 Å². The normalized spacial score (nSPS) is 9.33. The van der Waals surface area contributed by atoms with Gasteiger partial charge in [-0.3, -0.25) is 10.1 Å². The number of nitro groups is 1. The molecule has 0 aliphatic heterocycles. The van der Waals surface area contributed by atoms with E-state index in [4.69, 9.17) is 5.11 Å². The summed E-state index contributed by atoms with van der Waals surface area (Å²) in [6.07, 6.45) is 1.26. The fraction of sp³-hybridized carbons (Fsp3) is 0. The highest BCUT2D eigenvalue weighted by molar-refractivity contribution is 5.65. The first-order valence-electron chi connectivity index (χ1n) is 3.25. The first-order valence-corrected chi connectivity index (χ1v) is 3.25. The van der Waals surface area contributed by atoms with E-state index in [-0.39, 0.29) is 17.0 Å². The summed E-state index contributed by atoms with van der Waals surface area (Å²) < 4.78 is 0. The fourth-order valence-electron chi connectivity index (χ4n) is 0.910. The number of rotatable bonds is 2. The molecule has 0 fully saturated rings. The van der Waals surface area contributed by atoms with Gasteiger partial charge < -0.3 is 5.11 Å². The average Bonchev–Trinajstić information content (AvgIpc) is 2.03. The SMILES string of the molecule is C=Cc1c(O)cccc1[N+](=O)[O-]. The molecule has 0 spiro atoms. The second kappa shape index (κ2) is 3.04. The van der Waals surface area contributed by atoms with Crippen molar-refractivity contribution in [3.05, 3.63) is 40.5 Å². The highest BCUT2D eigenvalue weighted by Crippen LogP contribution is 2.27. The van der Waals surface area contributed by atoms with Crippen LogP contribution in [0.4, 0.5) is 5.69 Å². The molecule has 1 rings (SSSR count). The fourth-order valence-corrected chi connectivity index (χ4v) is 0.910. The third kappa shape index (κ3) is 1.27. The molecule has 0 saturated carbocycles. The zero-order chi connectivity index (χ0) is 9.14. The van der Waals surface area contributed by atoms with Crippen LogP contribution >= 0.6 is 0 Å². The maximum absolute atomic E-state index is 10.4. The molecular weight excluding hydrogens is 158 g/mol. The van der Waals surface area contributed by atoms with Crippen LogP contribution in [0.1, 0.15) is 5.56 Å². The number of aromatic hydroxyl groups is 1. The molecule has 0 bridgehead atoms. The molecule has 1 aromatic rings. The van der Waals surface area contributed by atoms with Gasteiger partial charge in [-0.15, -0.1) is 0 Å². The minimum absolute atomic E-state index is 0.126. The van der Waals surface area contributed by atoms with E-state index in [1.807, 2.05) is 0 Å². The second-order valence-corrected chi connectivity index (χ2v) is 2.17. The third-order valence-electron chi connectivity index (χ3n) is 1.46. The smallest absolute Gasteiger partial charge is 0.280 e. The topological polar surface area (TPSA) is 63.4 Å². The molecule has 0 saturated heterocycles. The highest BCUT2D eigenvalue weighted by atomic mass is 16.6. The van der Waals surface area contributed by atoms with Crippen molar-refractivity contribution in [1.29, 1.82) is 0 Å². The average molecular weight is 165 g/mol. The van der Waals surface area contributed by atoms with Crippen LogP contribution in [0.5, 0.6) is 5.75 Å². The van der Waals surface area contributed by atoms with Gasteiger partial charge in [0.2, 0.25) is 0 Å². The number of nitrogens with zero attached hydrogens (tertiary/aromatic N) is 1. The van der Waals surface area contributed by atoms with Crippen molar-refractivity contribution in [3.63, 3.8) is 0 Å². The van der Waals surface area contributed by atoms with Crippen LogP contribution < -0.4 is 0 Å². The van der Waals surface area contributed by atoms with Crippen molar-refractivity contribution in [3.8, 4) is 5.75 Å². The van der Waals surface area contributed by atoms with Gasteiger partial charge in [-0.2, -0.15) is 0 Å². The summed E-state index contributed by atoms with van der Waals surface area (Å²) in [5.41, 5.74) is 0.0208. The lowest BCUT2D eigenvalue weighted by Gasteiger charge is -1.98. The third-order valence-corrected chi connectivity index (χ3v) is 1.46. The first-order chi connectivity index (χ1) is 5.66. The van der Waals surface area contributed by atoms with Gasteiger partial charge in [0.05, 0.1) is 10.5 Å². The van der Waals surface area contributed by atoms with Crippen molar-refractivity contribution in [2.24, 2.45) is 0 Å². The Bertz CT molecular complexity index is 333. The number of hydrogen-bond acceptors (Lipinski definition) is 3. The van der Waals surface area contributed by atoms with Gasteiger partial charge in [0, 0.05) is 6.07 Å². The van der Waals surface area contributed by atoms with Gasteiger partial charge in [-0.1, -0.05) is 18.7 Å². The molecule has 4 heteroatoms. The molecule has 0 heterocycles. The summed E-state index contributed by atoms with van der Waals surface area (Å²) in [5, 5.41) is 19.5. The number of nitro benzene ring substituents is 1. The van der Waals surface area contributed by atoms with Gasteiger partial charge >= 0.3 is 0 Å². The summed E-state index contributed by atoms with van der Waals surface area (Å²) >= 11 is 0. The molecule has 1 aromatic carbocycles. The van der Waals surface area contributed by atoms with E-state index in [1.54, 1.807) is 0 Å². The molecule has 0 aliphatic rings. The Morgan fingerprint density at radius 2 is 2.25 bits per heavy atom. The zero-order valence-corrected chi connectivity index (χ0v) is 6.23. The minimum Gasteiger partial charge on any atom is -0.507 e. The van der Waals surface area contributed by atoms with Crippen LogP contribution in [0.25, 0.3) is 6.08 Å². The van der Waals surface area contributed by atoms with E-state index in [0.717, 1.165) is 0 Å². The van der Waals surface area contributed by atoms with Gasteiger partial charge in [0.15, 0.2) is 0 Å². The molecule has 0 amide bonds. The highest BCUT2D eigenvalue weighted by Gasteiger charge is 2.13. The molecule has 0 unspecified atom stereocenters. The van der Waals surface area contributed by atoms with Crippen LogP contribution in [-0.2, 0) is 0 Å². The van der Waals surface area contributed by atoms with Crippen molar-refractivity contribution >= 4 is 11.8 Å². The summed E-state index contributed by atoms with van der Waals surface area (Å²) in [6.45, 7) is 3.37. The number of hydrogen-bond donors (Lipinski definition) is 1. The van der Waals surface area contributed by atoms with Crippen molar-refractivity contribution in [1.82, 2.24) is 0 Å². The van der Waals surface area contributed by atoms with E-state index < -0.39 is 4.92 Å². The lowest BCUT2D eigenvalue weighted by Crippen LogP contribution is -1.90. The van der Waals surface area contributed by atoms with Crippen molar-refractivity contribution in [2.75, 3.05) is 0 Å². The lowest BCUT2D eigenvalue weighted by molar-refractivity contribution is -0.385. The summed E-state index contributed by atoms with van der Waals surface area (Å²) in [5.74, 6) is -0.126. The molecule has 1 N–H and O–H groups in total. The molecule has 12 heavy (non-hydrogen) atoms. The predicted octanol–water partition coefficient (Wildman–Crippen LogP) is 1.94. The maximum Gasteiger partial charge on any atom is 0.280 e. The monoisotopic (exact) mass is 165 g/mol. The summed E-state index contributed by atoms with van der Waals surface area (Å²) in [4.78, 5) is 9.82. The first kappa shape index (κ1) is 8.26. The van der Waals surface area contributed by atoms with E-state index in [2.05, 4.69) is 6.58 Å². The summed E-state index contributed by atoms with van der Waals surface area (Å²) in [7, 11) is 0. The molecule has 0 radical (unpaired) electrons. The van der Waals surface area contributed by atoms with Crippen LogP contribution in [-0.4, -0.2) is 10.0 Å². The number of benzene rings is 1. The van der Waals surface area contributed by atoms with E-state index >= 15 is 0 Å². The Balaban J connectivity index is 3.37. The Kier molecular flexibility index (Phi) is 2.09. The van der Waals surface area contributed by atoms with E-state index in [0.29, 0.717) is 0 Å². The minimum atomic E-state index is -0.559. The largest absolute Gasteiger partial charge is 0.507 e. The van der Waals surface area contributed by atoms with Crippen LogP contribution in [0.2, 0.25) is 0 Å². The zero-order valence-electron chi connectivity index (χ0n) is 6.23. The Labute approximate surface area is 68.9 Å². The van der Waals surface area contributed by atoms with Crippen LogP contribution in [0.3, 0.4) is 0 Å². The standard InChI is InChI=1S/C8H7NO3/c1-2-6-7(9(11)12)4-3-5-8(6)10/h2-5,10H,1H2. The van der Waals surface area contributed by atoms with Gasteiger partial charge in [-0.05, 0) is 6.07 Å². The summed E-state index contributed by atoms with van der Waals surface area (Å²) in [6, 6.07) is 4.11. The van der Waals surface area contributed by atoms with Crippen LogP contribution in [0.15, 0.2) is 24.8 Å². The molecule has 0 aliphatic carbocycles. The van der Waals surface area contributed by atoms with Crippen molar-refractivity contribution < 1.29 is 10.0 Å². The van der Waals surface area contributed by atoms with Gasteiger partial charge in [-0.25, -0.2) is 0 Å². The number of phenols is 1. The Morgan fingerprint density at radius 1 is 1.58 bits per heavy atom. The molecule has 0 aromatic heterocycles. The quantitative estimate of drug-likeness (QED) is 0.538. The van der Waals surface area contributed by atoms with Crippen molar-refractivity contribution in [2.45, 2.75) is 0 Å². The Hall–Kier alpha value is -1.84. The predicted molar refractivity (Wildman–Crippen MR) is 44.9 cm³/mol. The van der Waals surface area contributed by atoms with Crippen LogP contribution in [0, 0.1) is 10.1 Å². The van der Waals surface area contributed by atoms with E-state index in [9.17, 15) is 10.1 Å². The van der Waals surface area contributed by atoms with Gasteiger partial charge in [0.25, 0.3) is 5.69 Å². The maximum atomic E-state index is 10.4. The lowest BCUT2D eigenvalue weighted by atomic mass is 10.1. The second-order valence-electron chi connectivity index (χ2n) is 2.17. The molecule has 0 atom stereocenters.